The normalized spacial score (nSPS) is 18.2. The number of aryl methyl sites for hydroxylation is 2. The smallest absolute Gasteiger partial charge is 0.415 e. The van der Waals surface area contributed by atoms with Gasteiger partial charge in [0.1, 0.15) is 5.60 Å². The summed E-state index contributed by atoms with van der Waals surface area (Å²) in [5, 5.41) is 3.14. The Morgan fingerprint density at radius 2 is 1.61 bits per heavy atom. The lowest BCUT2D eigenvalue weighted by Crippen LogP contribution is -2.48. The Bertz CT molecular complexity index is 1590. The third-order valence-corrected chi connectivity index (χ3v) is 8.48. The fourth-order valence-corrected chi connectivity index (χ4v) is 6.10. The summed E-state index contributed by atoms with van der Waals surface area (Å²) in [4.78, 5) is 44.0. The molecule has 9 heteroatoms. The molecule has 2 aliphatic rings. The molecule has 2 unspecified atom stereocenters. The van der Waals surface area contributed by atoms with Crippen molar-refractivity contribution in [1.29, 1.82) is 0 Å². The van der Waals surface area contributed by atoms with E-state index in [4.69, 9.17) is 14.2 Å². The van der Waals surface area contributed by atoms with Gasteiger partial charge in [0.05, 0.1) is 31.9 Å². The van der Waals surface area contributed by atoms with E-state index >= 15 is 0 Å². The van der Waals surface area contributed by atoms with Crippen molar-refractivity contribution in [3.8, 4) is 11.5 Å². The number of nitrogens with one attached hydrogen (secondary N) is 1. The number of hydrogen-bond acceptors (Lipinski definition) is 6. The van der Waals surface area contributed by atoms with Crippen LogP contribution in [0.25, 0.3) is 0 Å². The number of carbonyl (C=O) groups excluding carboxylic acids is 3. The monoisotopic (exact) mass is 627 g/mol. The van der Waals surface area contributed by atoms with Gasteiger partial charge in [0.25, 0.3) is 0 Å². The molecular weight excluding hydrogens is 582 g/mol. The molecule has 46 heavy (non-hydrogen) atoms. The van der Waals surface area contributed by atoms with E-state index in [0.29, 0.717) is 24.5 Å². The standard InChI is InChI=1S/C37H45N3O6/c1-23-8-12-28(13-9-23)40-33(41)19-16-29(34(40)26-11-18-31(44-6)32(21-26)45-7)35(42)38-22-25-10-17-30(24(2)20-25)39(27-14-15-27)36(43)46-37(3,4)5/h8-13,17-18,20-21,27,29,34H,14-16,19,22H2,1-7H3,(H,38,42). The van der Waals surface area contributed by atoms with E-state index in [1.54, 1.807) is 24.0 Å². The first-order valence-electron chi connectivity index (χ1n) is 15.9. The Morgan fingerprint density at radius 1 is 0.913 bits per heavy atom. The lowest BCUT2D eigenvalue weighted by molar-refractivity contribution is -0.129. The van der Waals surface area contributed by atoms with E-state index in [1.165, 1.54) is 0 Å². The van der Waals surface area contributed by atoms with E-state index in [1.807, 2.05) is 95.3 Å². The van der Waals surface area contributed by atoms with Crippen LogP contribution in [0, 0.1) is 19.8 Å². The fourth-order valence-electron chi connectivity index (χ4n) is 6.10. The van der Waals surface area contributed by atoms with Crippen LogP contribution in [0.15, 0.2) is 60.7 Å². The zero-order valence-corrected chi connectivity index (χ0v) is 27.9. The van der Waals surface area contributed by atoms with Gasteiger partial charge in [-0.05, 0) is 101 Å². The molecule has 1 saturated carbocycles. The van der Waals surface area contributed by atoms with Crippen LogP contribution in [0.5, 0.6) is 11.5 Å². The summed E-state index contributed by atoms with van der Waals surface area (Å²) in [6.07, 6.45) is 2.22. The summed E-state index contributed by atoms with van der Waals surface area (Å²) in [5.41, 5.74) is 4.69. The van der Waals surface area contributed by atoms with Gasteiger partial charge in [-0.2, -0.15) is 0 Å². The van der Waals surface area contributed by atoms with Crippen LogP contribution in [0.3, 0.4) is 0 Å². The quantitative estimate of drug-likeness (QED) is 0.274. The van der Waals surface area contributed by atoms with Gasteiger partial charge in [-0.3, -0.25) is 14.5 Å². The van der Waals surface area contributed by atoms with Gasteiger partial charge in [-0.25, -0.2) is 4.79 Å². The molecule has 3 amide bonds. The fraction of sp³-hybridized carbons (Fsp3) is 0.432. The molecule has 1 aliphatic carbocycles. The number of piperidine rings is 1. The zero-order valence-electron chi connectivity index (χ0n) is 27.9. The number of nitrogens with zero attached hydrogens (tertiary/aromatic N) is 2. The molecule has 5 rings (SSSR count). The second-order valence-corrected chi connectivity index (χ2v) is 13.2. The second kappa shape index (κ2) is 13.4. The summed E-state index contributed by atoms with van der Waals surface area (Å²) in [6.45, 7) is 9.88. The minimum absolute atomic E-state index is 0.0379. The number of amides is 3. The summed E-state index contributed by atoms with van der Waals surface area (Å²) < 4.78 is 16.7. The number of hydrogen-bond donors (Lipinski definition) is 1. The van der Waals surface area contributed by atoms with E-state index in [0.717, 1.165) is 46.5 Å². The van der Waals surface area contributed by atoms with Crippen LogP contribution >= 0.6 is 0 Å². The maximum absolute atomic E-state index is 14.0. The zero-order chi connectivity index (χ0) is 33.2. The highest BCUT2D eigenvalue weighted by atomic mass is 16.6. The average molecular weight is 628 g/mol. The molecule has 2 fully saturated rings. The highest BCUT2D eigenvalue weighted by Crippen LogP contribution is 2.43. The molecule has 3 aromatic carbocycles. The van der Waals surface area contributed by atoms with Crippen molar-refractivity contribution in [3.63, 3.8) is 0 Å². The van der Waals surface area contributed by atoms with E-state index in [2.05, 4.69) is 5.32 Å². The minimum atomic E-state index is -0.587. The largest absolute Gasteiger partial charge is 0.493 e. The van der Waals surface area contributed by atoms with Gasteiger partial charge in [0, 0.05) is 24.7 Å². The molecule has 244 valence electrons. The molecule has 2 atom stereocenters. The molecule has 1 N–H and O–H groups in total. The Hall–Kier alpha value is -4.53. The molecule has 1 aliphatic heterocycles. The number of methoxy groups -OCH3 is 2. The first-order chi connectivity index (χ1) is 21.9. The number of carbonyl (C=O) groups is 3. The van der Waals surface area contributed by atoms with Crippen LogP contribution in [0.2, 0.25) is 0 Å². The van der Waals surface area contributed by atoms with Gasteiger partial charge < -0.3 is 24.4 Å². The molecule has 9 nitrogen and oxygen atoms in total. The third-order valence-electron chi connectivity index (χ3n) is 8.48. The Morgan fingerprint density at radius 3 is 2.22 bits per heavy atom. The summed E-state index contributed by atoms with van der Waals surface area (Å²) in [5.74, 6) is 0.420. The molecule has 1 heterocycles. The van der Waals surface area contributed by atoms with Crippen LogP contribution in [0.1, 0.15) is 74.8 Å². The van der Waals surface area contributed by atoms with Crippen molar-refractivity contribution < 1.29 is 28.6 Å². The lowest BCUT2D eigenvalue weighted by atomic mass is 9.83. The van der Waals surface area contributed by atoms with Crippen LogP contribution in [-0.4, -0.2) is 43.8 Å². The maximum atomic E-state index is 14.0. The Kier molecular flexibility index (Phi) is 9.60. The first-order valence-corrected chi connectivity index (χ1v) is 15.9. The molecule has 0 aromatic heterocycles. The highest BCUT2D eigenvalue weighted by molar-refractivity contribution is 5.97. The number of rotatable bonds is 9. The predicted molar refractivity (Wildman–Crippen MR) is 178 cm³/mol. The number of anilines is 2. The topological polar surface area (TPSA) is 97.4 Å². The minimum Gasteiger partial charge on any atom is -0.493 e. The van der Waals surface area contributed by atoms with E-state index in [9.17, 15) is 14.4 Å². The van der Waals surface area contributed by atoms with E-state index < -0.39 is 17.6 Å². The first kappa shape index (κ1) is 32.9. The third kappa shape index (κ3) is 7.30. The highest BCUT2D eigenvalue weighted by Gasteiger charge is 2.42. The molecule has 3 aromatic rings. The van der Waals surface area contributed by atoms with Crippen molar-refractivity contribution in [3.05, 3.63) is 82.9 Å². The average Bonchev–Trinajstić information content (AvgIpc) is 3.85. The molecule has 0 spiro atoms. The van der Waals surface area contributed by atoms with Crippen molar-refractivity contribution in [1.82, 2.24) is 5.32 Å². The Labute approximate surface area is 271 Å². The van der Waals surface area contributed by atoms with Gasteiger partial charge >= 0.3 is 6.09 Å². The molecule has 0 radical (unpaired) electrons. The number of benzene rings is 3. The van der Waals surface area contributed by atoms with Crippen LogP contribution < -0.4 is 24.6 Å². The van der Waals surface area contributed by atoms with Crippen molar-refractivity contribution in [2.45, 2.75) is 84.5 Å². The van der Waals surface area contributed by atoms with E-state index in [-0.39, 0.29) is 30.4 Å². The van der Waals surface area contributed by atoms with Crippen molar-refractivity contribution in [2.75, 3.05) is 24.0 Å². The summed E-state index contributed by atoms with van der Waals surface area (Å²) in [7, 11) is 3.14. The van der Waals surface area contributed by atoms with Gasteiger partial charge in [0.2, 0.25) is 11.8 Å². The van der Waals surface area contributed by atoms with Crippen molar-refractivity contribution in [2.24, 2.45) is 5.92 Å². The lowest BCUT2D eigenvalue weighted by Gasteiger charge is -2.41. The SMILES string of the molecule is COc1ccc(C2C(C(=O)NCc3ccc(N(C(=O)OC(C)(C)C)C4CC4)c(C)c3)CCC(=O)N2c2ccc(C)cc2)cc1OC. The number of ether oxygens (including phenoxy) is 3. The van der Waals surface area contributed by atoms with Gasteiger partial charge in [0.15, 0.2) is 11.5 Å². The maximum Gasteiger partial charge on any atom is 0.415 e. The van der Waals surface area contributed by atoms with Gasteiger partial charge in [-0.1, -0.05) is 35.9 Å². The summed E-state index contributed by atoms with van der Waals surface area (Å²) >= 11 is 0. The second-order valence-electron chi connectivity index (χ2n) is 13.2. The predicted octanol–water partition coefficient (Wildman–Crippen LogP) is 7.03. The van der Waals surface area contributed by atoms with Crippen LogP contribution in [0.4, 0.5) is 16.2 Å². The Balaban J connectivity index is 1.39. The van der Waals surface area contributed by atoms with Crippen molar-refractivity contribution >= 4 is 29.3 Å². The summed E-state index contributed by atoms with van der Waals surface area (Å²) in [6, 6.07) is 18.8. The van der Waals surface area contributed by atoms with Gasteiger partial charge in [-0.15, -0.1) is 0 Å². The molecule has 0 bridgehead atoms. The molecule has 1 saturated heterocycles. The van der Waals surface area contributed by atoms with Crippen LogP contribution in [-0.2, 0) is 20.9 Å². The molecular formula is C37H45N3O6.